The van der Waals surface area contributed by atoms with Crippen LogP contribution in [0.25, 0.3) is 5.70 Å². The molecule has 0 bridgehead atoms. The van der Waals surface area contributed by atoms with E-state index in [4.69, 9.17) is 4.74 Å². The second-order valence-electron chi connectivity index (χ2n) is 6.42. The zero-order chi connectivity index (χ0) is 21.0. The first-order valence-electron chi connectivity index (χ1n) is 9.16. The molecule has 1 aromatic carbocycles. The van der Waals surface area contributed by atoms with E-state index in [0.717, 1.165) is 16.0 Å². The molecule has 0 saturated carbocycles. The van der Waals surface area contributed by atoms with Gasteiger partial charge in [0.1, 0.15) is 11.5 Å². The number of thiophene rings is 1. The molecule has 0 unspecified atom stereocenters. The fourth-order valence-corrected chi connectivity index (χ4v) is 4.82. The molecule has 2 aromatic rings. The van der Waals surface area contributed by atoms with Gasteiger partial charge in [-0.1, -0.05) is 30.3 Å². The van der Waals surface area contributed by atoms with Crippen molar-refractivity contribution in [3.05, 3.63) is 57.3 Å². The van der Waals surface area contributed by atoms with Crippen LogP contribution in [0.3, 0.4) is 0 Å². The summed E-state index contributed by atoms with van der Waals surface area (Å²) in [7, 11) is 0. The highest BCUT2D eigenvalue weighted by Gasteiger charge is 2.27. The summed E-state index contributed by atoms with van der Waals surface area (Å²) in [6.07, 6.45) is 0. The van der Waals surface area contributed by atoms with Crippen molar-refractivity contribution in [3.8, 4) is 0 Å². The first-order chi connectivity index (χ1) is 13.9. The standard InChI is InChI=1S/C21H22N2O4S2/c1-4-27-21(26)19-13(2)14(3)29-20(19)22-17(24)10-23-16(11-28-12-18(23)25)15-8-6-5-7-9-15/h5-9,11H,4,10,12H2,1-3H3,(H,22,24). The number of nitrogens with one attached hydrogen (secondary N) is 1. The minimum atomic E-state index is -0.458. The average molecular weight is 431 g/mol. The normalized spacial score (nSPS) is 13.8. The van der Waals surface area contributed by atoms with E-state index in [9.17, 15) is 14.4 Å². The summed E-state index contributed by atoms with van der Waals surface area (Å²) < 4.78 is 5.13. The lowest BCUT2D eigenvalue weighted by molar-refractivity contribution is -0.129. The van der Waals surface area contributed by atoms with Crippen LogP contribution in [0, 0.1) is 13.8 Å². The van der Waals surface area contributed by atoms with Gasteiger partial charge >= 0.3 is 5.97 Å². The summed E-state index contributed by atoms with van der Waals surface area (Å²) in [5, 5.41) is 5.15. The Morgan fingerprint density at radius 3 is 2.62 bits per heavy atom. The van der Waals surface area contributed by atoms with Gasteiger partial charge in [0.05, 0.1) is 23.6 Å². The highest BCUT2D eigenvalue weighted by Crippen LogP contribution is 2.33. The number of ether oxygens (including phenoxy) is 1. The van der Waals surface area contributed by atoms with Crippen molar-refractivity contribution in [2.75, 3.05) is 24.2 Å². The molecule has 0 saturated heterocycles. The van der Waals surface area contributed by atoms with Crippen molar-refractivity contribution in [2.24, 2.45) is 0 Å². The lowest BCUT2D eigenvalue weighted by Crippen LogP contribution is -2.39. The molecule has 0 fully saturated rings. The van der Waals surface area contributed by atoms with Crippen LogP contribution in [0.1, 0.15) is 33.3 Å². The number of amides is 2. The minimum absolute atomic E-state index is 0.127. The maximum absolute atomic E-state index is 12.8. The average Bonchev–Trinajstić information content (AvgIpc) is 2.97. The Hall–Kier alpha value is -2.58. The van der Waals surface area contributed by atoms with Gasteiger partial charge < -0.3 is 15.0 Å². The first kappa shape index (κ1) is 21.1. The third kappa shape index (κ3) is 4.71. The Kier molecular flexibility index (Phi) is 6.76. The van der Waals surface area contributed by atoms with Gasteiger partial charge in [-0.2, -0.15) is 0 Å². The van der Waals surface area contributed by atoms with Gasteiger partial charge in [-0.25, -0.2) is 4.79 Å². The minimum Gasteiger partial charge on any atom is -0.462 e. The van der Waals surface area contributed by atoms with E-state index in [2.05, 4.69) is 5.32 Å². The van der Waals surface area contributed by atoms with E-state index in [1.54, 1.807) is 6.92 Å². The van der Waals surface area contributed by atoms with Gasteiger partial charge in [-0.3, -0.25) is 9.59 Å². The molecule has 3 rings (SSSR count). The molecule has 2 heterocycles. The highest BCUT2D eigenvalue weighted by atomic mass is 32.2. The van der Waals surface area contributed by atoms with Gasteiger partial charge in [0.2, 0.25) is 11.8 Å². The fraction of sp³-hybridized carbons (Fsp3) is 0.286. The number of carbonyl (C=O) groups excluding carboxylic acids is 3. The molecule has 1 aliphatic heterocycles. The number of hydrogen-bond donors (Lipinski definition) is 1. The Morgan fingerprint density at radius 1 is 1.21 bits per heavy atom. The highest BCUT2D eigenvalue weighted by molar-refractivity contribution is 8.03. The summed E-state index contributed by atoms with van der Waals surface area (Å²) in [5.41, 5.74) is 2.74. The number of rotatable bonds is 6. The predicted octanol–water partition coefficient (Wildman–Crippen LogP) is 4.05. The van der Waals surface area contributed by atoms with Crippen LogP contribution in [0.4, 0.5) is 5.00 Å². The smallest absolute Gasteiger partial charge is 0.341 e. The van der Waals surface area contributed by atoms with Crippen LogP contribution in [-0.4, -0.2) is 41.6 Å². The van der Waals surface area contributed by atoms with Crippen LogP contribution in [0.5, 0.6) is 0 Å². The van der Waals surface area contributed by atoms with Crippen molar-refractivity contribution in [1.29, 1.82) is 0 Å². The number of anilines is 1. The van der Waals surface area contributed by atoms with Gasteiger partial charge in [-0.05, 0) is 37.3 Å². The maximum atomic E-state index is 12.8. The summed E-state index contributed by atoms with van der Waals surface area (Å²) >= 11 is 2.74. The van der Waals surface area contributed by atoms with E-state index < -0.39 is 5.97 Å². The van der Waals surface area contributed by atoms with Crippen molar-refractivity contribution in [3.63, 3.8) is 0 Å². The number of hydrogen-bond acceptors (Lipinski definition) is 6. The van der Waals surface area contributed by atoms with Gasteiger partial charge in [0.15, 0.2) is 0 Å². The molecule has 152 valence electrons. The largest absolute Gasteiger partial charge is 0.462 e. The lowest BCUT2D eigenvalue weighted by Gasteiger charge is -2.28. The lowest BCUT2D eigenvalue weighted by atomic mass is 10.1. The quantitative estimate of drug-likeness (QED) is 0.700. The number of nitrogens with zero attached hydrogens (tertiary/aromatic N) is 1. The molecular weight excluding hydrogens is 408 g/mol. The molecule has 1 aromatic heterocycles. The molecule has 29 heavy (non-hydrogen) atoms. The van der Waals surface area contributed by atoms with Crippen molar-refractivity contribution < 1.29 is 19.1 Å². The molecular formula is C21H22N2O4S2. The third-order valence-corrected chi connectivity index (χ3v) is 6.41. The zero-order valence-corrected chi connectivity index (χ0v) is 18.1. The van der Waals surface area contributed by atoms with Gasteiger partial charge in [-0.15, -0.1) is 23.1 Å². The summed E-state index contributed by atoms with van der Waals surface area (Å²) in [6.45, 7) is 5.58. The van der Waals surface area contributed by atoms with E-state index in [0.29, 0.717) is 16.3 Å². The molecule has 6 nitrogen and oxygen atoms in total. The van der Waals surface area contributed by atoms with Crippen LogP contribution in [-0.2, 0) is 14.3 Å². The van der Waals surface area contributed by atoms with E-state index in [1.807, 2.05) is 49.6 Å². The summed E-state index contributed by atoms with van der Waals surface area (Å²) in [4.78, 5) is 40.0. The molecule has 0 aliphatic carbocycles. The summed E-state index contributed by atoms with van der Waals surface area (Å²) in [5.74, 6) is -0.663. The van der Waals surface area contributed by atoms with E-state index in [1.165, 1.54) is 28.0 Å². The van der Waals surface area contributed by atoms with E-state index >= 15 is 0 Å². The molecule has 2 amide bonds. The third-order valence-electron chi connectivity index (χ3n) is 4.48. The van der Waals surface area contributed by atoms with Crippen molar-refractivity contribution in [2.45, 2.75) is 20.8 Å². The van der Waals surface area contributed by atoms with Crippen molar-refractivity contribution >= 4 is 51.6 Å². The maximum Gasteiger partial charge on any atom is 0.341 e. The number of carbonyl (C=O) groups is 3. The molecule has 0 atom stereocenters. The van der Waals surface area contributed by atoms with Crippen LogP contribution in [0.15, 0.2) is 35.7 Å². The second kappa shape index (κ2) is 9.28. The number of aryl methyl sites for hydroxylation is 1. The first-order valence-corrected chi connectivity index (χ1v) is 11.0. The number of benzene rings is 1. The van der Waals surface area contributed by atoms with Crippen LogP contribution >= 0.6 is 23.1 Å². The molecule has 0 spiro atoms. The number of thioether (sulfide) groups is 1. The zero-order valence-electron chi connectivity index (χ0n) is 16.5. The van der Waals surface area contributed by atoms with E-state index in [-0.39, 0.29) is 30.7 Å². The molecule has 1 N–H and O–H groups in total. The Bertz CT molecular complexity index is 967. The molecule has 0 radical (unpaired) electrons. The Morgan fingerprint density at radius 2 is 1.93 bits per heavy atom. The molecule has 1 aliphatic rings. The van der Waals surface area contributed by atoms with Gasteiger partial charge in [0, 0.05) is 4.88 Å². The fourth-order valence-electron chi connectivity index (χ4n) is 2.95. The summed E-state index contributed by atoms with van der Waals surface area (Å²) in [6, 6.07) is 9.49. The topological polar surface area (TPSA) is 75.7 Å². The second-order valence-corrected chi connectivity index (χ2v) is 8.50. The van der Waals surface area contributed by atoms with Crippen LogP contribution < -0.4 is 5.32 Å². The molecule has 8 heteroatoms. The Balaban J connectivity index is 1.81. The predicted molar refractivity (Wildman–Crippen MR) is 117 cm³/mol. The Labute approximate surface area is 177 Å². The van der Waals surface area contributed by atoms with Crippen molar-refractivity contribution in [1.82, 2.24) is 4.90 Å². The SMILES string of the molecule is CCOC(=O)c1c(NC(=O)CN2C(=O)CSC=C2c2ccccc2)sc(C)c1C. The number of esters is 1. The van der Waals surface area contributed by atoms with Crippen LogP contribution in [0.2, 0.25) is 0 Å². The monoisotopic (exact) mass is 430 g/mol. The van der Waals surface area contributed by atoms with Gasteiger partial charge in [0.25, 0.3) is 0 Å².